The number of unbranched alkanes of at least 4 members (excludes halogenated alkanes) is 9. The van der Waals surface area contributed by atoms with Gasteiger partial charge in [0.05, 0.1) is 0 Å². The molecule has 0 rings (SSSR count). The van der Waals surface area contributed by atoms with Crippen LogP contribution in [0.1, 0.15) is 64.2 Å². The highest BCUT2D eigenvalue weighted by molar-refractivity contribution is 5.80. The van der Waals surface area contributed by atoms with Crippen molar-refractivity contribution in [2.45, 2.75) is 64.2 Å². The first-order chi connectivity index (χ1) is 11.3. The summed E-state index contributed by atoms with van der Waals surface area (Å²) in [6, 6.07) is 0. The smallest absolute Gasteiger partial charge is 0.328 e. The van der Waals surface area contributed by atoms with E-state index in [0.717, 1.165) is 18.9 Å². The zero-order valence-corrected chi connectivity index (χ0v) is 14.2. The standard InChI is InChI=1S/C20H32O3/c21-19-17-15-13-11-9-7-5-3-1-2-4-6-8-10-12-14-16-18-20(22)23/h4,6,8,10,12,14,16,18,21H,1-3,5,7,9,11,13,15,17,19H2,(H,22,23). The van der Waals surface area contributed by atoms with Crippen LogP contribution in [0.3, 0.4) is 0 Å². The predicted molar refractivity (Wildman–Crippen MR) is 97.5 cm³/mol. The normalized spacial score (nSPS) is 12.4. The fourth-order valence-corrected chi connectivity index (χ4v) is 2.18. The van der Waals surface area contributed by atoms with Crippen molar-refractivity contribution in [3.63, 3.8) is 0 Å². The zero-order valence-electron chi connectivity index (χ0n) is 14.2. The summed E-state index contributed by atoms with van der Waals surface area (Å²) in [6.07, 6.45) is 26.5. The second-order valence-electron chi connectivity index (χ2n) is 5.59. The van der Waals surface area contributed by atoms with Gasteiger partial charge in [0.1, 0.15) is 0 Å². The summed E-state index contributed by atoms with van der Waals surface area (Å²) in [5.41, 5.74) is 0. The quantitative estimate of drug-likeness (QED) is 0.248. The average molecular weight is 320 g/mol. The molecular formula is C20H32O3. The van der Waals surface area contributed by atoms with Crippen LogP contribution in [-0.2, 0) is 4.79 Å². The van der Waals surface area contributed by atoms with E-state index in [9.17, 15) is 4.79 Å². The van der Waals surface area contributed by atoms with Gasteiger partial charge in [-0.15, -0.1) is 0 Å². The molecule has 0 aliphatic heterocycles. The molecule has 0 aromatic heterocycles. The van der Waals surface area contributed by atoms with Gasteiger partial charge in [-0.25, -0.2) is 4.79 Å². The SMILES string of the molecule is O=C(O)C=CC=CC=CC=CCCCCCCCCCCCO. The fourth-order valence-electron chi connectivity index (χ4n) is 2.18. The van der Waals surface area contributed by atoms with Gasteiger partial charge >= 0.3 is 5.97 Å². The number of aliphatic hydroxyl groups is 1. The van der Waals surface area contributed by atoms with E-state index in [1.54, 1.807) is 6.08 Å². The Kier molecular flexibility index (Phi) is 17.1. The van der Waals surface area contributed by atoms with Crippen molar-refractivity contribution < 1.29 is 15.0 Å². The molecule has 0 bridgehead atoms. The molecule has 0 atom stereocenters. The van der Waals surface area contributed by atoms with Crippen LogP contribution in [0.5, 0.6) is 0 Å². The van der Waals surface area contributed by atoms with Gasteiger partial charge in [0, 0.05) is 12.7 Å². The molecule has 0 saturated heterocycles. The van der Waals surface area contributed by atoms with Crippen molar-refractivity contribution in [2.24, 2.45) is 0 Å². The first-order valence-electron chi connectivity index (χ1n) is 8.77. The summed E-state index contributed by atoms with van der Waals surface area (Å²) in [4.78, 5) is 10.2. The van der Waals surface area contributed by atoms with Gasteiger partial charge in [0.15, 0.2) is 0 Å². The molecule has 0 aliphatic rings. The molecule has 0 radical (unpaired) electrons. The van der Waals surface area contributed by atoms with Crippen LogP contribution in [0.2, 0.25) is 0 Å². The van der Waals surface area contributed by atoms with Crippen LogP contribution in [0, 0.1) is 0 Å². The first-order valence-corrected chi connectivity index (χ1v) is 8.77. The lowest BCUT2D eigenvalue weighted by molar-refractivity contribution is -0.131. The number of hydrogen-bond acceptors (Lipinski definition) is 2. The number of carbonyl (C=O) groups is 1. The van der Waals surface area contributed by atoms with Crippen molar-refractivity contribution in [3.8, 4) is 0 Å². The summed E-state index contributed by atoms with van der Waals surface area (Å²) in [5.74, 6) is -0.930. The van der Waals surface area contributed by atoms with Gasteiger partial charge in [-0.3, -0.25) is 0 Å². The maximum absolute atomic E-state index is 10.2. The van der Waals surface area contributed by atoms with Crippen molar-refractivity contribution in [1.82, 2.24) is 0 Å². The second kappa shape index (κ2) is 18.4. The van der Waals surface area contributed by atoms with E-state index in [0.29, 0.717) is 6.61 Å². The molecule has 0 aromatic rings. The molecule has 0 amide bonds. The molecule has 0 fully saturated rings. The van der Waals surface area contributed by atoms with Crippen LogP contribution in [-0.4, -0.2) is 22.8 Å². The highest BCUT2D eigenvalue weighted by Gasteiger charge is 1.91. The van der Waals surface area contributed by atoms with E-state index >= 15 is 0 Å². The fraction of sp³-hybridized carbons (Fsp3) is 0.550. The van der Waals surface area contributed by atoms with Crippen molar-refractivity contribution in [2.75, 3.05) is 6.61 Å². The Labute approximate surface area is 141 Å². The van der Waals surface area contributed by atoms with Crippen molar-refractivity contribution >= 4 is 5.97 Å². The molecule has 0 spiro atoms. The van der Waals surface area contributed by atoms with Gasteiger partial charge < -0.3 is 10.2 Å². The Morgan fingerprint density at radius 3 is 1.70 bits per heavy atom. The Morgan fingerprint density at radius 1 is 0.652 bits per heavy atom. The molecule has 23 heavy (non-hydrogen) atoms. The van der Waals surface area contributed by atoms with Crippen molar-refractivity contribution in [1.29, 1.82) is 0 Å². The average Bonchev–Trinajstić information content (AvgIpc) is 2.53. The molecular weight excluding hydrogens is 288 g/mol. The Hall–Kier alpha value is -1.61. The number of carboxylic acid groups (broad SMARTS) is 1. The summed E-state index contributed by atoms with van der Waals surface area (Å²) < 4.78 is 0. The molecule has 0 heterocycles. The van der Waals surface area contributed by atoms with Gasteiger partial charge in [0.2, 0.25) is 0 Å². The Morgan fingerprint density at radius 2 is 1.13 bits per heavy atom. The van der Waals surface area contributed by atoms with Gasteiger partial charge in [-0.05, 0) is 19.3 Å². The molecule has 3 heteroatoms. The van der Waals surface area contributed by atoms with Gasteiger partial charge in [0.25, 0.3) is 0 Å². The van der Waals surface area contributed by atoms with E-state index in [2.05, 4.69) is 6.08 Å². The highest BCUT2D eigenvalue weighted by atomic mass is 16.4. The number of rotatable bonds is 15. The lowest BCUT2D eigenvalue weighted by Gasteiger charge is -2.00. The van der Waals surface area contributed by atoms with Crippen LogP contribution in [0.15, 0.2) is 48.6 Å². The number of aliphatic hydroxyl groups excluding tert-OH is 1. The molecule has 3 nitrogen and oxygen atoms in total. The van der Waals surface area contributed by atoms with Gasteiger partial charge in [-0.2, -0.15) is 0 Å². The van der Waals surface area contributed by atoms with Crippen LogP contribution < -0.4 is 0 Å². The lowest BCUT2D eigenvalue weighted by atomic mass is 10.1. The maximum Gasteiger partial charge on any atom is 0.328 e. The van der Waals surface area contributed by atoms with E-state index in [1.165, 1.54) is 57.4 Å². The minimum atomic E-state index is -0.930. The van der Waals surface area contributed by atoms with E-state index in [1.807, 2.05) is 24.3 Å². The largest absolute Gasteiger partial charge is 0.478 e. The van der Waals surface area contributed by atoms with Crippen LogP contribution in [0.25, 0.3) is 0 Å². The molecule has 0 unspecified atom stereocenters. The van der Waals surface area contributed by atoms with Crippen molar-refractivity contribution in [3.05, 3.63) is 48.6 Å². The summed E-state index contributed by atoms with van der Waals surface area (Å²) in [6.45, 7) is 0.334. The third-order valence-electron chi connectivity index (χ3n) is 3.46. The molecule has 0 aromatic carbocycles. The summed E-state index contributed by atoms with van der Waals surface area (Å²) in [7, 11) is 0. The van der Waals surface area contributed by atoms with E-state index < -0.39 is 5.97 Å². The minimum absolute atomic E-state index is 0.334. The number of carboxylic acids is 1. The Bertz CT molecular complexity index is 378. The summed E-state index contributed by atoms with van der Waals surface area (Å²) in [5, 5.41) is 17.1. The summed E-state index contributed by atoms with van der Waals surface area (Å²) >= 11 is 0. The molecule has 0 saturated carbocycles. The predicted octanol–water partition coefficient (Wildman–Crippen LogP) is 5.19. The molecule has 2 N–H and O–H groups in total. The van der Waals surface area contributed by atoms with E-state index in [4.69, 9.17) is 10.2 Å². The number of hydrogen-bond donors (Lipinski definition) is 2. The van der Waals surface area contributed by atoms with Gasteiger partial charge in [-0.1, -0.05) is 87.5 Å². The molecule has 0 aliphatic carbocycles. The zero-order chi connectivity index (χ0) is 17.0. The maximum atomic E-state index is 10.2. The Balaban J connectivity index is 3.32. The van der Waals surface area contributed by atoms with Crippen LogP contribution >= 0.6 is 0 Å². The third-order valence-corrected chi connectivity index (χ3v) is 3.46. The number of aliphatic carboxylic acids is 1. The van der Waals surface area contributed by atoms with E-state index in [-0.39, 0.29) is 0 Å². The first kappa shape index (κ1) is 21.4. The third kappa shape index (κ3) is 20.4. The van der Waals surface area contributed by atoms with Crippen LogP contribution in [0.4, 0.5) is 0 Å². The monoisotopic (exact) mass is 320 g/mol. The number of allylic oxidation sites excluding steroid dienone is 7. The second-order valence-corrected chi connectivity index (χ2v) is 5.59. The topological polar surface area (TPSA) is 57.5 Å². The minimum Gasteiger partial charge on any atom is -0.478 e. The lowest BCUT2D eigenvalue weighted by Crippen LogP contribution is -1.84. The highest BCUT2D eigenvalue weighted by Crippen LogP contribution is 2.10. The molecule has 130 valence electrons.